The van der Waals surface area contributed by atoms with E-state index in [0.717, 1.165) is 32.8 Å². The topological polar surface area (TPSA) is 98.8 Å². The first-order valence-corrected chi connectivity index (χ1v) is 10.2. The van der Waals surface area contributed by atoms with Crippen LogP contribution < -0.4 is 10.4 Å². The number of ether oxygens (including phenoxy) is 1. The van der Waals surface area contributed by atoms with Gasteiger partial charge in [-0.2, -0.15) is 0 Å². The van der Waals surface area contributed by atoms with Crippen molar-refractivity contribution in [1.29, 1.82) is 0 Å². The summed E-state index contributed by atoms with van der Waals surface area (Å²) in [4.78, 5) is 19.8. The number of benzene rings is 2. The van der Waals surface area contributed by atoms with Crippen LogP contribution in [0.15, 0.2) is 69.1 Å². The molecule has 0 saturated carbocycles. The van der Waals surface area contributed by atoms with E-state index in [9.17, 15) is 4.79 Å². The van der Waals surface area contributed by atoms with Crippen molar-refractivity contribution in [2.75, 3.05) is 7.11 Å². The molecule has 0 unspecified atom stereocenters. The number of aromatic nitrogens is 5. The van der Waals surface area contributed by atoms with Crippen LogP contribution in [0.25, 0.3) is 22.0 Å². The Morgan fingerprint density at radius 3 is 2.97 bits per heavy atom. The highest BCUT2D eigenvalue weighted by molar-refractivity contribution is 7.98. The number of aromatic amines is 1. The van der Waals surface area contributed by atoms with Gasteiger partial charge >= 0.3 is 5.63 Å². The SMILES string of the molecule is COc1ccc2oc(=O)cc(Cn3cc(CSc4nc5ccccc5[nH]4)nn3)c2c1. The lowest BCUT2D eigenvalue weighted by atomic mass is 10.1. The lowest BCUT2D eigenvalue weighted by Gasteiger charge is -2.07. The van der Waals surface area contributed by atoms with Gasteiger partial charge in [0.1, 0.15) is 11.3 Å². The Morgan fingerprint density at radius 2 is 2.10 bits per heavy atom. The minimum absolute atomic E-state index is 0.400. The number of hydrogen-bond donors (Lipinski definition) is 1. The molecule has 5 aromatic rings. The summed E-state index contributed by atoms with van der Waals surface area (Å²) in [6.07, 6.45) is 1.87. The lowest BCUT2D eigenvalue weighted by Crippen LogP contribution is -2.06. The zero-order valence-electron chi connectivity index (χ0n) is 16.0. The van der Waals surface area contributed by atoms with E-state index in [1.165, 1.54) is 6.07 Å². The van der Waals surface area contributed by atoms with Crippen molar-refractivity contribution in [1.82, 2.24) is 25.0 Å². The smallest absolute Gasteiger partial charge is 0.336 e. The molecule has 0 fully saturated rings. The molecule has 0 radical (unpaired) electrons. The molecule has 3 heterocycles. The summed E-state index contributed by atoms with van der Waals surface area (Å²) < 4.78 is 12.3. The summed E-state index contributed by atoms with van der Waals surface area (Å²) >= 11 is 1.56. The molecule has 0 saturated heterocycles. The molecule has 2 aromatic carbocycles. The molecule has 0 amide bonds. The summed E-state index contributed by atoms with van der Waals surface area (Å²) in [5.74, 6) is 1.32. The third kappa shape index (κ3) is 3.67. The molecule has 5 rings (SSSR count). The molecule has 0 atom stereocenters. The Kier molecular flexibility index (Phi) is 4.72. The Labute approximate surface area is 174 Å². The van der Waals surface area contributed by atoms with Gasteiger partial charge in [0.2, 0.25) is 0 Å². The van der Waals surface area contributed by atoms with Gasteiger partial charge in [0.25, 0.3) is 0 Å². The van der Waals surface area contributed by atoms with Crippen LogP contribution in [0.3, 0.4) is 0 Å². The number of imidazole rings is 1. The van der Waals surface area contributed by atoms with Crippen LogP contribution in [0.4, 0.5) is 0 Å². The lowest BCUT2D eigenvalue weighted by molar-refractivity contribution is 0.415. The number of para-hydroxylation sites is 2. The highest BCUT2D eigenvalue weighted by Gasteiger charge is 2.10. The molecular formula is C21H17N5O3S. The fraction of sp³-hybridized carbons (Fsp3) is 0.143. The molecule has 0 aliphatic rings. The molecule has 0 aliphatic carbocycles. The molecule has 3 aromatic heterocycles. The van der Waals surface area contributed by atoms with Gasteiger partial charge in [0.15, 0.2) is 5.16 Å². The number of fused-ring (bicyclic) bond motifs is 2. The minimum Gasteiger partial charge on any atom is -0.497 e. The van der Waals surface area contributed by atoms with Gasteiger partial charge in [-0.25, -0.2) is 14.5 Å². The second-order valence-corrected chi connectivity index (χ2v) is 7.67. The monoisotopic (exact) mass is 419 g/mol. The molecule has 1 N–H and O–H groups in total. The van der Waals surface area contributed by atoms with E-state index in [1.807, 2.05) is 36.5 Å². The average molecular weight is 419 g/mol. The average Bonchev–Trinajstić information content (AvgIpc) is 3.38. The number of nitrogens with zero attached hydrogens (tertiary/aromatic N) is 4. The van der Waals surface area contributed by atoms with Crippen LogP contribution in [0, 0.1) is 0 Å². The highest BCUT2D eigenvalue weighted by Crippen LogP contribution is 2.24. The zero-order chi connectivity index (χ0) is 20.5. The number of H-pyrrole nitrogens is 1. The molecule has 9 heteroatoms. The maximum atomic E-state index is 11.9. The standard InChI is InChI=1S/C21H17N5O3S/c1-28-15-6-7-19-16(9-15)13(8-20(27)29-19)10-26-11-14(24-25-26)12-30-21-22-17-4-2-3-5-18(17)23-21/h2-9,11H,10,12H2,1H3,(H,22,23). The van der Waals surface area contributed by atoms with Gasteiger partial charge in [0, 0.05) is 23.4 Å². The van der Waals surface area contributed by atoms with E-state index in [2.05, 4.69) is 20.3 Å². The fourth-order valence-electron chi connectivity index (χ4n) is 3.26. The van der Waals surface area contributed by atoms with Gasteiger partial charge in [0.05, 0.1) is 30.4 Å². The van der Waals surface area contributed by atoms with Crippen LogP contribution in [-0.4, -0.2) is 32.1 Å². The van der Waals surface area contributed by atoms with Crippen molar-refractivity contribution in [3.63, 3.8) is 0 Å². The Bertz CT molecular complexity index is 1370. The number of rotatable bonds is 6. The van der Waals surface area contributed by atoms with Crippen molar-refractivity contribution < 1.29 is 9.15 Å². The van der Waals surface area contributed by atoms with Crippen molar-refractivity contribution in [2.24, 2.45) is 0 Å². The van der Waals surface area contributed by atoms with Gasteiger partial charge in [-0.15, -0.1) is 5.10 Å². The summed E-state index contributed by atoms with van der Waals surface area (Å²) in [6.45, 7) is 0.400. The number of thioether (sulfide) groups is 1. The fourth-order valence-corrected chi connectivity index (χ4v) is 4.02. The van der Waals surface area contributed by atoms with Crippen LogP contribution in [0.5, 0.6) is 5.75 Å². The highest BCUT2D eigenvalue weighted by atomic mass is 32.2. The largest absolute Gasteiger partial charge is 0.497 e. The van der Waals surface area contributed by atoms with Crippen molar-refractivity contribution in [3.8, 4) is 5.75 Å². The first-order chi connectivity index (χ1) is 14.7. The van der Waals surface area contributed by atoms with Crippen LogP contribution in [0.1, 0.15) is 11.3 Å². The Balaban J connectivity index is 1.35. The third-order valence-electron chi connectivity index (χ3n) is 4.68. The van der Waals surface area contributed by atoms with E-state index in [4.69, 9.17) is 9.15 Å². The summed E-state index contributed by atoms with van der Waals surface area (Å²) in [5.41, 5.74) is 3.68. The normalized spacial score (nSPS) is 11.4. The molecule has 30 heavy (non-hydrogen) atoms. The number of methoxy groups -OCH3 is 1. The molecule has 0 spiro atoms. The second kappa shape index (κ2) is 7.68. The van der Waals surface area contributed by atoms with E-state index >= 15 is 0 Å². The molecule has 0 bridgehead atoms. The van der Waals surface area contributed by atoms with Crippen LogP contribution in [-0.2, 0) is 12.3 Å². The Hall–Kier alpha value is -3.59. The quantitative estimate of drug-likeness (QED) is 0.332. The van der Waals surface area contributed by atoms with Crippen LogP contribution in [0.2, 0.25) is 0 Å². The first-order valence-electron chi connectivity index (χ1n) is 9.25. The maximum Gasteiger partial charge on any atom is 0.336 e. The molecular weight excluding hydrogens is 402 g/mol. The third-order valence-corrected chi connectivity index (χ3v) is 5.59. The van der Waals surface area contributed by atoms with E-state index in [-0.39, 0.29) is 0 Å². The van der Waals surface area contributed by atoms with Crippen molar-refractivity contribution in [3.05, 3.63) is 76.4 Å². The molecule has 150 valence electrons. The number of nitrogens with one attached hydrogen (secondary N) is 1. The zero-order valence-corrected chi connectivity index (χ0v) is 16.8. The van der Waals surface area contributed by atoms with Crippen molar-refractivity contribution >= 4 is 33.8 Å². The number of hydrogen-bond acceptors (Lipinski definition) is 7. The predicted molar refractivity (Wildman–Crippen MR) is 114 cm³/mol. The van der Waals surface area contributed by atoms with Crippen LogP contribution >= 0.6 is 11.8 Å². The molecule has 0 aliphatic heterocycles. The predicted octanol–water partition coefficient (Wildman–Crippen LogP) is 3.61. The second-order valence-electron chi connectivity index (χ2n) is 6.71. The van der Waals surface area contributed by atoms with Gasteiger partial charge < -0.3 is 14.1 Å². The summed E-state index contributed by atoms with van der Waals surface area (Å²) in [6, 6.07) is 14.7. The first kappa shape index (κ1) is 18.4. The summed E-state index contributed by atoms with van der Waals surface area (Å²) in [7, 11) is 1.60. The van der Waals surface area contributed by atoms with E-state index in [1.54, 1.807) is 35.7 Å². The van der Waals surface area contributed by atoms with Gasteiger partial charge in [-0.1, -0.05) is 29.1 Å². The maximum absolute atomic E-state index is 11.9. The molecule has 8 nitrogen and oxygen atoms in total. The van der Waals surface area contributed by atoms with Crippen molar-refractivity contribution in [2.45, 2.75) is 17.5 Å². The minimum atomic E-state index is -0.400. The summed E-state index contributed by atoms with van der Waals surface area (Å²) in [5, 5.41) is 10.1. The van der Waals surface area contributed by atoms with E-state index in [0.29, 0.717) is 23.6 Å². The van der Waals surface area contributed by atoms with Gasteiger partial charge in [-0.3, -0.25) is 0 Å². The van der Waals surface area contributed by atoms with E-state index < -0.39 is 5.63 Å². The van der Waals surface area contributed by atoms with Gasteiger partial charge in [-0.05, 0) is 35.9 Å². The Morgan fingerprint density at radius 1 is 1.20 bits per heavy atom.